The van der Waals surface area contributed by atoms with Gasteiger partial charge in [0.05, 0.1) is 23.9 Å². The minimum absolute atomic E-state index is 0.757. The highest BCUT2D eigenvalue weighted by Crippen LogP contribution is 2.09. The summed E-state index contributed by atoms with van der Waals surface area (Å²) in [4.78, 5) is 11.2. The second-order valence-corrected chi connectivity index (χ2v) is 7.73. The van der Waals surface area contributed by atoms with E-state index in [0.717, 1.165) is 69.0 Å². The lowest BCUT2D eigenvalue weighted by atomic mass is 10.1. The molecule has 0 aliphatic carbocycles. The molecule has 0 bridgehead atoms. The summed E-state index contributed by atoms with van der Waals surface area (Å²) in [5, 5.41) is 9.95. The predicted molar refractivity (Wildman–Crippen MR) is 111 cm³/mol. The average Bonchev–Trinajstić information content (AvgIpc) is 3.11. The van der Waals surface area contributed by atoms with Crippen molar-refractivity contribution in [3.05, 3.63) is 51.5 Å². The van der Waals surface area contributed by atoms with Gasteiger partial charge in [0.2, 0.25) is 0 Å². The molecule has 2 aromatic rings. The van der Waals surface area contributed by atoms with Gasteiger partial charge in [-0.05, 0) is 18.1 Å². The van der Waals surface area contributed by atoms with E-state index in [1.54, 1.807) is 18.4 Å². The van der Waals surface area contributed by atoms with Crippen LogP contribution < -0.4 is 10.6 Å². The first-order chi connectivity index (χ1) is 13.2. The molecule has 1 aromatic heterocycles. The SMILES string of the molecule is CN=C(NCCc1csc(C)n1)NCc1ccc(CN2CCOCC2)cc1. The van der Waals surface area contributed by atoms with Gasteiger partial charge in [-0.3, -0.25) is 9.89 Å². The molecular formula is C20H29N5OS. The molecule has 3 rings (SSSR count). The topological polar surface area (TPSA) is 61.8 Å². The van der Waals surface area contributed by atoms with Crippen LogP contribution in [0.1, 0.15) is 21.8 Å². The molecule has 2 heterocycles. The molecule has 1 saturated heterocycles. The van der Waals surface area contributed by atoms with Crippen LogP contribution in [-0.4, -0.2) is 55.7 Å². The Bertz CT molecular complexity index is 722. The summed E-state index contributed by atoms with van der Waals surface area (Å²) < 4.78 is 5.41. The Balaban J connectivity index is 1.39. The zero-order chi connectivity index (χ0) is 18.9. The van der Waals surface area contributed by atoms with Crippen LogP contribution in [0.4, 0.5) is 0 Å². The first-order valence-corrected chi connectivity index (χ1v) is 10.3. The second kappa shape index (κ2) is 10.4. The molecule has 0 atom stereocenters. The number of aryl methyl sites for hydroxylation is 1. The molecule has 7 heteroatoms. The Labute approximate surface area is 165 Å². The lowest BCUT2D eigenvalue weighted by molar-refractivity contribution is 0.0342. The minimum atomic E-state index is 0.757. The second-order valence-electron chi connectivity index (χ2n) is 6.67. The van der Waals surface area contributed by atoms with Crippen molar-refractivity contribution in [2.45, 2.75) is 26.4 Å². The highest BCUT2D eigenvalue weighted by molar-refractivity contribution is 7.09. The standard InChI is InChI=1S/C20H29N5OS/c1-16-24-19(15-27-16)7-8-22-20(21-2)23-13-17-3-5-18(6-4-17)14-25-9-11-26-12-10-25/h3-6,15H,7-14H2,1-2H3,(H2,21,22,23). The van der Waals surface area contributed by atoms with E-state index in [2.05, 4.69) is 55.2 Å². The van der Waals surface area contributed by atoms with E-state index in [1.165, 1.54) is 11.1 Å². The number of ether oxygens (including phenoxy) is 1. The number of aliphatic imine (C=N–C) groups is 1. The van der Waals surface area contributed by atoms with Crippen LogP contribution in [0.25, 0.3) is 0 Å². The third-order valence-corrected chi connectivity index (χ3v) is 5.38. The minimum Gasteiger partial charge on any atom is -0.379 e. The van der Waals surface area contributed by atoms with Gasteiger partial charge in [0.25, 0.3) is 0 Å². The maximum Gasteiger partial charge on any atom is 0.191 e. The van der Waals surface area contributed by atoms with Crippen LogP contribution in [0.5, 0.6) is 0 Å². The molecule has 27 heavy (non-hydrogen) atoms. The van der Waals surface area contributed by atoms with Gasteiger partial charge in [-0.2, -0.15) is 0 Å². The van der Waals surface area contributed by atoms with E-state index < -0.39 is 0 Å². The maximum absolute atomic E-state index is 5.41. The van der Waals surface area contributed by atoms with Gasteiger partial charge in [-0.1, -0.05) is 24.3 Å². The number of benzene rings is 1. The van der Waals surface area contributed by atoms with E-state index in [1.807, 2.05) is 6.92 Å². The molecule has 2 N–H and O–H groups in total. The predicted octanol–water partition coefficient (Wildman–Crippen LogP) is 2.19. The number of morpholine rings is 1. The molecule has 1 aromatic carbocycles. The molecular weight excluding hydrogens is 358 g/mol. The van der Waals surface area contributed by atoms with Gasteiger partial charge in [0.15, 0.2) is 5.96 Å². The van der Waals surface area contributed by atoms with Gasteiger partial charge < -0.3 is 15.4 Å². The normalized spacial score (nSPS) is 15.7. The van der Waals surface area contributed by atoms with E-state index in [4.69, 9.17) is 4.74 Å². The maximum atomic E-state index is 5.41. The van der Waals surface area contributed by atoms with Gasteiger partial charge >= 0.3 is 0 Å². The fourth-order valence-corrected chi connectivity index (χ4v) is 3.67. The molecule has 1 aliphatic rings. The monoisotopic (exact) mass is 387 g/mol. The third kappa shape index (κ3) is 6.61. The van der Waals surface area contributed by atoms with Crippen molar-refractivity contribution in [2.24, 2.45) is 4.99 Å². The van der Waals surface area contributed by atoms with Crippen molar-refractivity contribution in [1.82, 2.24) is 20.5 Å². The molecule has 0 radical (unpaired) electrons. The number of guanidine groups is 1. The Morgan fingerprint density at radius 3 is 2.59 bits per heavy atom. The number of nitrogens with one attached hydrogen (secondary N) is 2. The van der Waals surface area contributed by atoms with Crippen molar-refractivity contribution in [3.8, 4) is 0 Å². The smallest absolute Gasteiger partial charge is 0.191 e. The quantitative estimate of drug-likeness (QED) is 0.563. The lowest BCUT2D eigenvalue weighted by Gasteiger charge is -2.26. The van der Waals surface area contributed by atoms with Crippen molar-refractivity contribution >= 4 is 17.3 Å². The van der Waals surface area contributed by atoms with Crippen LogP contribution in [0.15, 0.2) is 34.6 Å². The number of nitrogens with zero attached hydrogens (tertiary/aromatic N) is 3. The molecule has 1 aliphatic heterocycles. The molecule has 0 unspecified atom stereocenters. The van der Waals surface area contributed by atoms with Crippen molar-refractivity contribution in [1.29, 1.82) is 0 Å². The highest BCUT2D eigenvalue weighted by atomic mass is 32.1. The Hall–Kier alpha value is -1.96. The summed E-state index contributed by atoms with van der Waals surface area (Å²) in [6.07, 6.45) is 0.904. The van der Waals surface area contributed by atoms with Crippen LogP contribution in [0.3, 0.4) is 0 Å². The fourth-order valence-electron chi connectivity index (χ4n) is 3.02. The summed E-state index contributed by atoms with van der Waals surface area (Å²) in [5.41, 5.74) is 3.73. The summed E-state index contributed by atoms with van der Waals surface area (Å²) in [6, 6.07) is 8.81. The first kappa shape index (κ1) is 19.8. The van der Waals surface area contributed by atoms with Gasteiger partial charge in [-0.15, -0.1) is 11.3 Å². The summed E-state index contributed by atoms with van der Waals surface area (Å²) >= 11 is 1.69. The largest absolute Gasteiger partial charge is 0.379 e. The molecule has 6 nitrogen and oxygen atoms in total. The number of hydrogen-bond acceptors (Lipinski definition) is 5. The van der Waals surface area contributed by atoms with Gasteiger partial charge in [-0.25, -0.2) is 4.98 Å². The summed E-state index contributed by atoms with van der Waals surface area (Å²) in [6.45, 7) is 8.34. The molecule has 0 spiro atoms. The van der Waals surface area contributed by atoms with E-state index >= 15 is 0 Å². The van der Waals surface area contributed by atoms with E-state index in [9.17, 15) is 0 Å². The Kier molecular flexibility index (Phi) is 7.62. The Morgan fingerprint density at radius 1 is 1.19 bits per heavy atom. The van der Waals surface area contributed by atoms with E-state index in [0.29, 0.717) is 0 Å². The summed E-state index contributed by atoms with van der Waals surface area (Å²) in [7, 11) is 1.80. The van der Waals surface area contributed by atoms with Crippen molar-refractivity contribution in [2.75, 3.05) is 39.9 Å². The number of hydrogen-bond donors (Lipinski definition) is 2. The molecule has 1 fully saturated rings. The van der Waals surface area contributed by atoms with Crippen molar-refractivity contribution in [3.63, 3.8) is 0 Å². The van der Waals surface area contributed by atoms with Crippen LogP contribution in [0.2, 0.25) is 0 Å². The van der Waals surface area contributed by atoms with Crippen LogP contribution in [0, 0.1) is 6.92 Å². The lowest BCUT2D eigenvalue weighted by Crippen LogP contribution is -2.37. The van der Waals surface area contributed by atoms with Gasteiger partial charge in [0, 0.05) is 51.6 Å². The zero-order valence-electron chi connectivity index (χ0n) is 16.2. The third-order valence-electron chi connectivity index (χ3n) is 4.56. The number of rotatable bonds is 7. The molecule has 146 valence electrons. The number of thiazole rings is 1. The average molecular weight is 388 g/mol. The number of aromatic nitrogens is 1. The van der Waals surface area contributed by atoms with Crippen molar-refractivity contribution < 1.29 is 4.74 Å². The summed E-state index contributed by atoms with van der Waals surface area (Å²) in [5.74, 6) is 0.819. The first-order valence-electron chi connectivity index (χ1n) is 9.46. The fraction of sp³-hybridized carbons (Fsp3) is 0.500. The Morgan fingerprint density at radius 2 is 1.93 bits per heavy atom. The molecule has 0 amide bonds. The van der Waals surface area contributed by atoms with Crippen LogP contribution in [-0.2, 0) is 24.2 Å². The van der Waals surface area contributed by atoms with E-state index in [-0.39, 0.29) is 0 Å². The highest BCUT2D eigenvalue weighted by Gasteiger charge is 2.10. The van der Waals surface area contributed by atoms with Gasteiger partial charge in [0.1, 0.15) is 0 Å². The molecule has 0 saturated carbocycles. The zero-order valence-corrected chi connectivity index (χ0v) is 17.0. The van der Waals surface area contributed by atoms with Crippen LogP contribution >= 0.6 is 11.3 Å².